The van der Waals surface area contributed by atoms with Gasteiger partial charge in [-0.3, -0.25) is 4.79 Å². The highest BCUT2D eigenvalue weighted by Gasteiger charge is 2.07. The Morgan fingerprint density at radius 3 is 2.43 bits per heavy atom. The molecule has 23 heavy (non-hydrogen) atoms. The number of nitrogens with one attached hydrogen (secondary N) is 1. The third-order valence-electron chi connectivity index (χ3n) is 3.08. The van der Waals surface area contributed by atoms with E-state index in [1.807, 2.05) is 0 Å². The maximum atomic E-state index is 12.8. The molecule has 0 aliphatic carbocycles. The smallest absolute Gasteiger partial charge is 0.234 e. The number of carbonyl (C=O) groups is 1. The van der Waals surface area contributed by atoms with Crippen LogP contribution in [0.3, 0.4) is 0 Å². The Kier molecular flexibility index (Phi) is 6.29. The molecular formula is C17H18FNO3S. The topological polar surface area (TPSA) is 47.6 Å². The van der Waals surface area contributed by atoms with Gasteiger partial charge in [0.25, 0.3) is 0 Å². The fourth-order valence-electron chi connectivity index (χ4n) is 1.95. The van der Waals surface area contributed by atoms with Crippen LogP contribution in [0.15, 0.2) is 42.5 Å². The first-order valence-electron chi connectivity index (χ1n) is 6.96. The lowest BCUT2D eigenvalue weighted by Gasteiger charge is -2.10. The van der Waals surface area contributed by atoms with Crippen LogP contribution in [0.25, 0.3) is 0 Å². The van der Waals surface area contributed by atoms with E-state index in [1.165, 1.54) is 23.9 Å². The number of thioether (sulfide) groups is 1. The Labute approximate surface area is 139 Å². The van der Waals surface area contributed by atoms with Crippen LogP contribution in [0.1, 0.15) is 5.56 Å². The van der Waals surface area contributed by atoms with Gasteiger partial charge in [0.15, 0.2) is 11.5 Å². The van der Waals surface area contributed by atoms with Crippen molar-refractivity contribution in [3.05, 3.63) is 53.8 Å². The van der Waals surface area contributed by atoms with Gasteiger partial charge in [0.2, 0.25) is 5.91 Å². The van der Waals surface area contributed by atoms with E-state index >= 15 is 0 Å². The molecule has 0 aromatic heterocycles. The van der Waals surface area contributed by atoms with Crippen LogP contribution >= 0.6 is 11.8 Å². The first-order valence-corrected chi connectivity index (χ1v) is 8.12. The molecule has 4 nitrogen and oxygen atoms in total. The van der Waals surface area contributed by atoms with Crippen molar-refractivity contribution in [3.63, 3.8) is 0 Å². The van der Waals surface area contributed by atoms with Crippen LogP contribution in [0.2, 0.25) is 0 Å². The number of hydrogen-bond acceptors (Lipinski definition) is 4. The lowest BCUT2D eigenvalue weighted by Crippen LogP contribution is -2.14. The fraction of sp³-hybridized carbons (Fsp3) is 0.235. The van der Waals surface area contributed by atoms with Gasteiger partial charge in [0.05, 0.1) is 20.0 Å². The zero-order valence-corrected chi connectivity index (χ0v) is 13.8. The molecule has 122 valence electrons. The van der Waals surface area contributed by atoms with E-state index in [1.54, 1.807) is 44.6 Å². The van der Waals surface area contributed by atoms with Crippen molar-refractivity contribution in [2.75, 3.05) is 25.3 Å². The van der Waals surface area contributed by atoms with E-state index in [2.05, 4.69) is 5.32 Å². The summed E-state index contributed by atoms with van der Waals surface area (Å²) in [6.45, 7) is 0. The van der Waals surface area contributed by atoms with Crippen molar-refractivity contribution in [1.82, 2.24) is 0 Å². The maximum Gasteiger partial charge on any atom is 0.234 e. The van der Waals surface area contributed by atoms with Gasteiger partial charge < -0.3 is 14.8 Å². The molecule has 1 N–H and O–H groups in total. The number of carbonyl (C=O) groups excluding carboxylic acids is 1. The van der Waals surface area contributed by atoms with Crippen molar-refractivity contribution >= 4 is 23.4 Å². The molecule has 0 atom stereocenters. The molecule has 2 aromatic carbocycles. The number of ether oxygens (including phenoxy) is 2. The summed E-state index contributed by atoms with van der Waals surface area (Å²) in [7, 11) is 3.10. The summed E-state index contributed by atoms with van der Waals surface area (Å²) in [5.41, 5.74) is 1.63. The summed E-state index contributed by atoms with van der Waals surface area (Å²) in [6.07, 6.45) is 0. The summed E-state index contributed by atoms with van der Waals surface area (Å²) < 4.78 is 23.2. The molecule has 0 saturated heterocycles. The van der Waals surface area contributed by atoms with Crippen LogP contribution in [-0.4, -0.2) is 25.9 Å². The van der Waals surface area contributed by atoms with Crippen molar-refractivity contribution < 1.29 is 18.7 Å². The first kappa shape index (κ1) is 17.1. The van der Waals surface area contributed by atoms with E-state index in [9.17, 15) is 9.18 Å². The molecule has 0 unspecified atom stereocenters. The zero-order valence-electron chi connectivity index (χ0n) is 13.0. The van der Waals surface area contributed by atoms with E-state index in [-0.39, 0.29) is 11.7 Å². The van der Waals surface area contributed by atoms with Crippen molar-refractivity contribution in [1.29, 1.82) is 0 Å². The highest BCUT2D eigenvalue weighted by atomic mass is 32.2. The Bertz CT molecular complexity index is 661. The molecule has 0 heterocycles. The minimum Gasteiger partial charge on any atom is -0.493 e. The highest BCUT2D eigenvalue weighted by Crippen LogP contribution is 2.29. The molecule has 1 amide bonds. The SMILES string of the molecule is COc1ccc(NC(=O)CSCc2ccc(F)cc2)cc1OC. The third-order valence-corrected chi connectivity index (χ3v) is 4.09. The number of amides is 1. The molecule has 0 radical (unpaired) electrons. The zero-order chi connectivity index (χ0) is 16.7. The third kappa shape index (κ3) is 5.17. The second-order valence-electron chi connectivity index (χ2n) is 4.74. The summed E-state index contributed by atoms with van der Waals surface area (Å²) in [6, 6.07) is 11.5. The first-order chi connectivity index (χ1) is 11.1. The van der Waals surface area contributed by atoms with E-state index in [0.717, 1.165) is 5.56 Å². The van der Waals surface area contributed by atoms with Gasteiger partial charge in [-0.2, -0.15) is 0 Å². The van der Waals surface area contributed by atoms with Crippen molar-refractivity contribution in [2.24, 2.45) is 0 Å². The Hall–Kier alpha value is -2.21. The van der Waals surface area contributed by atoms with Gasteiger partial charge in [0, 0.05) is 17.5 Å². The largest absolute Gasteiger partial charge is 0.493 e. The molecule has 0 fully saturated rings. The molecule has 0 aliphatic heterocycles. The van der Waals surface area contributed by atoms with Crippen LogP contribution in [0, 0.1) is 5.82 Å². The van der Waals surface area contributed by atoms with Crippen LogP contribution < -0.4 is 14.8 Å². The number of hydrogen-bond donors (Lipinski definition) is 1. The van der Waals surface area contributed by atoms with Crippen molar-refractivity contribution in [2.45, 2.75) is 5.75 Å². The van der Waals surface area contributed by atoms with Gasteiger partial charge in [-0.15, -0.1) is 11.8 Å². The number of halogens is 1. The molecular weight excluding hydrogens is 317 g/mol. The summed E-state index contributed by atoms with van der Waals surface area (Å²) in [4.78, 5) is 11.9. The molecule has 0 aliphatic rings. The van der Waals surface area contributed by atoms with Gasteiger partial charge in [-0.1, -0.05) is 12.1 Å². The fourth-order valence-corrected chi connectivity index (χ4v) is 2.74. The Balaban J connectivity index is 1.83. The average molecular weight is 335 g/mol. The number of anilines is 1. The van der Waals surface area contributed by atoms with Crippen molar-refractivity contribution in [3.8, 4) is 11.5 Å². The standard InChI is InChI=1S/C17H18FNO3S/c1-21-15-8-7-14(9-16(15)22-2)19-17(20)11-23-10-12-3-5-13(18)6-4-12/h3-9H,10-11H2,1-2H3,(H,19,20). The molecule has 6 heteroatoms. The van der Waals surface area contributed by atoms with Gasteiger partial charge in [-0.05, 0) is 29.8 Å². The van der Waals surface area contributed by atoms with Crippen LogP contribution in [-0.2, 0) is 10.5 Å². The summed E-state index contributed by atoms with van der Waals surface area (Å²) in [5.74, 6) is 1.76. The molecule has 0 spiro atoms. The number of benzene rings is 2. The molecule has 0 bridgehead atoms. The number of methoxy groups -OCH3 is 2. The van der Waals surface area contributed by atoms with E-state index in [0.29, 0.717) is 28.7 Å². The van der Waals surface area contributed by atoms with E-state index in [4.69, 9.17) is 9.47 Å². The minimum absolute atomic E-state index is 0.107. The lowest BCUT2D eigenvalue weighted by molar-refractivity contribution is -0.113. The van der Waals surface area contributed by atoms with Gasteiger partial charge in [0.1, 0.15) is 5.82 Å². The average Bonchev–Trinajstić information content (AvgIpc) is 2.56. The Morgan fingerprint density at radius 1 is 1.09 bits per heavy atom. The second kappa shape index (κ2) is 8.43. The van der Waals surface area contributed by atoms with Gasteiger partial charge >= 0.3 is 0 Å². The Morgan fingerprint density at radius 2 is 1.78 bits per heavy atom. The number of rotatable bonds is 7. The maximum absolute atomic E-state index is 12.8. The quantitative estimate of drug-likeness (QED) is 0.838. The normalized spacial score (nSPS) is 10.2. The predicted molar refractivity (Wildman–Crippen MR) is 90.7 cm³/mol. The lowest BCUT2D eigenvalue weighted by atomic mass is 10.2. The monoisotopic (exact) mass is 335 g/mol. The van der Waals surface area contributed by atoms with E-state index < -0.39 is 0 Å². The predicted octanol–water partition coefficient (Wildman–Crippen LogP) is 3.71. The summed E-state index contributed by atoms with van der Waals surface area (Å²) >= 11 is 1.47. The highest BCUT2D eigenvalue weighted by molar-refractivity contribution is 7.99. The second-order valence-corrected chi connectivity index (χ2v) is 5.72. The van der Waals surface area contributed by atoms with Gasteiger partial charge in [-0.25, -0.2) is 4.39 Å². The minimum atomic E-state index is -0.259. The molecule has 2 aromatic rings. The summed E-state index contributed by atoms with van der Waals surface area (Å²) in [5, 5.41) is 2.81. The molecule has 0 saturated carbocycles. The van der Waals surface area contributed by atoms with Crippen LogP contribution in [0.4, 0.5) is 10.1 Å². The van der Waals surface area contributed by atoms with Crippen LogP contribution in [0.5, 0.6) is 11.5 Å². The molecule has 2 rings (SSSR count).